The van der Waals surface area contributed by atoms with Crippen molar-refractivity contribution in [3.05, 3.63) is 88.9 Å². The van der Waals surface area contributed by atoms with Crippen molar-refractivity contribution in [3.63, 3.8) is 0 Å². The third kappa shape index (κ3) is 5.11. The fraction of sp³-hybridized carbons (Fsp3) is 0.0909. The minimum absolute atomic E-state index is 0.234. The van der Waals surface area contributed by atoms with Gasteiger partial charge in [0, 0.05) is 10.7 Å². The minimum atomic E-state index is -0.649. The Morgan fingerprint density at radius 1 is 0.964 bits per heavy atom. The van der Waals surface area contributed by atoms with Crippen LogP contribution in [0.25, 0.3) is 0 Å². The van der Waals surface area contributed by atoms with Crippen LogP contribution in [0, 0.1) is 6.92 Å². The van der Waals surface area contributed by atoms with Gasteiger partial charge in [0.05, 0.1) is 0 Å². The van der Waals surface area contributed by atoms with Crippen molar-refractivity contribution in [3.8, 4) is 11.5 Å². The van der Waals surface area contributed by atoms with E-state index < -0.39 is 18.5 Å². The molecule has 0 radical (unpaired) electrons. The topological polar surface area (TPSA) is 64.6 Å². The Morgan fingerprint density at radius 3 is 2.43 bits per heavy atom. The zero-order valence-corrected chi connectivity index (χ0v) is 15.9. The van der Waals surface area contributed by atoms with E-state index in [4.69, 9.17) is 21.1 Å². The lowest BCUT2D eigenvalue weighted by atomic mass is 10.2. The molecule has 0 saturated heterocycles. The molecule has 0 aliphatic rings. The summed E-state index contributed by atoms with van der Waals surface area (Å²) in [5, 5.41) is 3.18. The first kappa shape index (κ1) is 19.5. The summed E-state index contributed by atoms with van der Waals surface area (Å²) in [6.07, 6.45) is 0. The Balaban J connectivity index is 1.61. The Labute approximate surface area is 167 Å². The molecule has 0 spiro atoms. The molecule has 1 N–H and O–H groups in total. The Morgan fingerprint density at radius 2 is 1.68 bits per heavy atom. The normalized spacial score (nSPS) is 10.2. The highest BCUT2D eigenvalue weighted by atomic mass is 35.5. The van der Waals surface area contributed by atoms with Crippen molar-refractivity contribution in [2.75, 3.05) is 11.9 Å². The number of carbonyl (C=O) groups is 2. The van der Waals surface area contributed by atoms with E-state index in [-0.39, 0.29) is 5.56 Å². The molecule has 142 valence electrons. The highest BCUT2D eigenvalue weighted by Crippen LogP contribution is 2.25. The molecule has 0 aliphatic heterocycles. The summed E-state index contributed by atoms with van der Waals surface area (Å²) in [6.45, 7) is 1.44. The van der Waals surface area contributed by atoms with E-state index in [2.05, 4.69) is 5.32 Å². The molecule has 28 heavy (non-hydrogen) atoms. The van der Waals surface area contributed by atoms with Crippen molar-refractivity contribution in [2.45, 2.75) is 6.92 Å². The third-order valence-electron chi connectivity index (χ3n) is 3.87. The van der Waals surface area contributed by atoms with Gasteiger partial charge in [-0.2, -0.15) is 0 Å². The van der Waals surface area contributed by atoms with Crippen LogP contribution in [-0.2, 0) is 9.53 Å². The number of benzene rings is 3. The second-order valence-electron chi connectivity index (χ2n) is 6.00. The molecule has 0 aliphatic carbocycles. The molecule has 0 heterocycles. The Hall–Kier alpha value is -3.31. The monoisotopic (exact) mass is 395 g/mol. The van der Waals surface area contributed by atoms with E-state index in [9.17, 15) is 9.59 Å². The lowest BCUT2D eigenvalue weighted by Crippen LogP contribution is -2.21. The van der Waals surface area contributed by atoms with Crippen LogP contribution in [0.4, 0.5) is 5.69 Å². The summed E-state index contributed by atoms with van der Waals surface area (Å²) in [5.74, 6) is -0.167. The van der Waals surface area contributed by atoms with Crippen LogP contribution in [-0.4, -0.2) is 18.5 Å². The quantitative estimate of drug-likeness (QED) is 0.580. The third-order valence-corrected chi connectivity index (χ3v) is 4.28. The number of anilines is 1. The average molecular weight is 396 g/mol. The number of para-hydroxylation sites is 2. The molecule has 0 atom stereocenters. The van der Waals surface area contributed by atoms with Gasteiger partial charge in [0.15, 0.2) is 6.61 Å². The van der Waals surface area contributed by atoms with Crippen LogP contribution >= 0.6 is 11.6 Å². The molecular weight excluding hydrogens is 378 g/mol. The summed E-state index contributed by atoms with van der Waals surface area (Å²) in [4.78, 5) is 24.5. The molecule has 0 bridgehead atoms. The van der Waals surface area contributed by atoms with Crippen molar-refractivity contribution >= 4 is 29.2 Å². The highest BCUT2D eigenvalue weighted by Gasteiger charge is 2.16. The number of hydrogen-bond acceptors (Lipinski definition) is 4. The first-order valence-electron chi connectivity index (χ1n) is 8.58. The lowest BCUT2D eigenvalue weighted by molar-refractivity contribution is -0.119. The molecular formula is C22H18ClNO4. The number of rotatable bonds is 6. The van der Waals surface area contributed by atoms with Gasteiger partial charge in [-0.05, 0) is 48.9 Å². The van der Waals surface area contributed by atoms with Crippen molar-refractivity contribution in [1.29, 1.82) is 0 Å². The number of esters is 1. The van der Waals surface area contributed by atoms with Gasteiger partial charge in [-0.1, -0.05) is 48.0 Å². The van der Waals surface area contributed by atoms with Crippen molar-refractivity contribution < 1.29 is 19.1 Å². The molecule has 6 heteroatoms. The van der Waals surface area contributed by atoms with Crippen LogP contribution < -0.4 is 10.1 Å². The highest BCUT2D eigenvalue weighted by molar-refractivity contribution is 6.31. The fourth-order valence-corrected chi connectivity index (χ4v) is 2.60. The smallest absolute Gasteiger partial charge is 0.342 e. The van der Waals surface area contributed by atoms with E-state index in [1.165, 1.54) is 0 Å². The van der Waals surface area contributed by atoms with Gasteiger partial charge in [0.25, 0.3) is 5.91 Å². The number of halogens is 1. The standard InChI is InChI=1S/C22H18ClNO4/c1-15-11-12-16(13-19(15)23)24-21(25)14-27-22(26)18-9-5-6-10-20(18)28-17-7-3-2-4-8-17/h2-13H,14H2,1H3,(H,24,25). The number of nitrogens with one attached hydrogen (secondary N) is 1. The summed E-state index contributed by atoms with van der Waals surface area (Å²) in [5.41, 5.74) is 1.67. The van der Waals surface area contributed by atoms with Crippen LogP contribution in [0.2, 0.25) is 5.02 Å². The molecule has 0 unspecified atom stereocenters. The molecule has 1 amide bonds. The molecule has 3 rings (SSSR count). The van der Waals surface area contributed by atoms with Crippen molar-refractivity contribution in [1.82, 2.24) is 0 Å². The maximum absolute atomic E-state index is 12.4. The number of carbonyl (C=O) groups excluding carboxylic acids is 2. The Kier molecular flexibility index (Phi) is 6.29. The van der Waals surface area contributed by atoms with Crippen LogP contribution in [0.5, 0.6) is 11.5 Å². The molecule has 3 aromatic rings. The van der Waals surface area contributed by atoms with Crippen LogP contribution in [0.1, 0.15) is 15.9 Å². The van der Waals surface area contributed by atoms with E-state index in [1.54, 1.807) is 54.6 Å². The lowest BCUT2D eigenvalue weighted by Gasteiger charge is -2.11. The first-order chi connectivity index (χ1) is 13.5. The van der Waals surface area contributed by atoms with Gasteiger partial charge in [0.1, 0.15) is 17.1 Å². The van der Waals surface area contributed by atoms with Crippen LogP contribution in [0.3, 0.4) is 0 Å². The van der Waals surface area contributed by atoms with Crippen LogP contribution in [0.15, 0.2) is 72.8 Å². The largest absolute Gasteiger partial charge is 0.456 e. The van der Waals surface area contributed by atoms with Crippen molar-refractivity contribution in [2.24, 2.45) is 0 Å². The van der Waals surface area contributed by atoms with E-state index in [0.717, 1.165) is 5.56 Å². The number of ether oxygens (including phenoxy) is 2. The molecule has 0 fully saturated rings. The second-order valence-corrected chi connectivity index (χ2v) is 6.41. The van der Waals surface area contributed by atoms with Gasteiger partial charge in [0.2, 0.25) is 0 Å². The maximum atomic E-state index is 12.4. The zero-order chi connectivity index (χ0) is 19.9. The molecule has 0 aromatic heterocycles. The summed E-state index contributed by atoms with van der Waals surface area (Å²) in [6, 6.07) is 20.9. The number of hydrogen-bond donors (Lipinski definition) is 1. The predicted octanol–water partition coefficient (Wildman–Crippen LogP) is 5.24. The van der Waals surface area contributed by atoms with Gasteiger partial charge < -0.3 is 14.8 Å². The number of amides is 1. The maximum Gasteiger partial charge on any atom is 0.342 e. The first-order valence-corrected chi connectivity index (χ1v) is 8.96. The molecule has 3 aromatic carbocycles. The SMILES string of the molecule is Cc1ccc(NC(=O)COC(=O)c2ccccc2Oc2ccccc2)cc1Cl. The fourth-order valence-electron chi connectivity index (χ4n) is 2.42. The molecule has 0 saturated carbocycles. The zero-order valence-electron chi connectivity index (χ0n) is 15.1. The molecule has 5 nitrogen and oxygen atoms in total. The predicted molar refractivity (Wildman–Crippen MR) is 108 cm³/mol. The van der Waals surface area contributed by atoms with Gasteiger partial charge in [-0.15, -0.1) is 0 Å². The summed E-state index contributed by atoms with van der Waals surface area (Å²) < 4.78 is 10.9. The van der Waals surface area contributed by atoms with Gasteiger partial charge >= 0.3 is 5.97 Å². The van der Waals surface area contributed by atoms with E-state index >= 15 is 0 Å². The second kappa shape index (κ2) is 9.06. The number of aryl methyl sites for hydroxylation is 1. The minimum Gasteiger partial charge on any atom is -0.456 e. The van der Waals surface area contributed by atoms with Gasteiger partial charge in [-0.25, -0.2) is 4.79 Å². The summed E-state index contributed by atoms with van der Waals surface area (Å²) >= 11 is 6.04. The van der Waals surface area contributed by atoms with E-state index in [1.807, 2.05) is 25.1 Å². The Bertz CT molecular complexity index is 989. The van der Waals surface area contributed by atoms with E-state index in [0.29, 0.717) is 22.2 Å². The average Bonchev–Trinajstić information content (AvgIpc) is 2.70. The summed E-state index contributed by atoms with van der Waals surface area (Å²) in [7, 11) is 0. The van der Waals surface area contributed by atoms with Gasteiger partial charge in [-0.3, -0.25) is 4.79 Å².